The van der Waals surface area contributed by atoms with Crippen LogP contribution in [0.15, 0.2) is 54.6 Å². The molecular weight excluding hydrogens is 316 g/mol. The van der Waals surface area contributed by atoms with Gasteiger partial charge in [-0.15, -0.1) is 0 Å². The summed E-state index contributed by atoms with van der Waals surface area (Å²) in [5.41, 5.74) is 3.51. The van der Waals surface area contributed by atoms with E-state index in [9.17, 15) is 9.59 Å². The maximum Gasteiger partial charge on any atom is 0.248 e. The Morgan fingerprint density at radius 1 is 0.960 bits per heavy atom. The van der Waals surface area contributed by atoms with Crippen LogP contribution in [-0.4, -0.2) is 36.5 Å². The van der Waals surface area contributed by atoms with Crippen LogP contribution >= 0.6 is 0 Å². The highest BCUT2D eigenvalue weighted by molar-refractivity contribution is 5.79. The monoisotopic (exact) mass is 338 g/mol. The number of carbonyl (C=O) groups excluding carboxylic acids is 2. The summed E-state index contributed by atoms with van der Waals surface area (Å²) >= 11 is 0. The summed E-state index contributed by atoms with van der Waals surface area (Å²) in [6, 6.07) is 17.8. The zero-order valence-corrected chi connectivity index (χ0v) is 14.1. The summed E-state index contributed by atoms with van der Waals surface area (Å²) in [7, 11) is 0. The normalized spacial score (nSPS) is 13.2. The molecule has 1 aliphatic rings. The first-order chi connectivity index (χ1) is 12.2. The predicted molar refractivity (Wildman–Crippen MR) is 94.7 cm³/mol. The minimum absolute atomic E-state index is 0.0685. The average Bonchev–Trinajstić information content (AvgIpc) is 2.66. The molecule has 130 valence electrons. The molecule has 0 atom stereocenters. The highest BCUT2D eigenvalue weighted by Gasteiger charge is 2.20. The Balaban J connectivity index is 1.37. The van der Waals surface area contributed by atoms with Gasteiger partial charge in [-0.3, -0.25) is 9.59 Å². The standard InChI is InChI=1S/C20H22N2O3/c23-19(21-12-16-6-2-1-3-7-16)14-25-15-20(24)22-11-10-17-8-4-5-9-18(17)13-22/h1-9H,10-15H2,(H,21,23). The van der Waals surface area contributed by atoms with Gasteiger partial charge in [-0.1, -0.05) is 54.6 Å². The van der Waals surface area contributed by atoms with Gasteiger partial charge in [0, 0.05) is 19.6 Å². The molecule has 25 heavy (non-hydrogen) atoms. The van der Waals surface area contributed by atoms with Gasteiger partial charge in [0.1, 0.15) is 13.2 Å². The molecule has 5 nitrogen and oxygen atoms in total. The Hall–Kier alpha value is -2.66. The molecule has 1 N–H and O–H groups in total. The topological polar surface area (TPSA) is 58.6 Å². The molecule has 5 heteroatoms. The molecule has 0 radical (unpaired) electrons. The third-order valence-corrected chi connectivity index (χ3v) is 4.27. The molecule has 2 aromatic rings. The average molecular weight is 338 g/mol. The first-order valence-electron chi connectivity index (χ1n) is 8.45. The van der Waals surface area contributed by atoms with Crippen molar-refractivity contribution < 1.29 is 14.3 Å². The van der Waals surface area contributed by atoms with E-state index in [0.717, 1.165) is 12.0 Å². The number of nitrogens with one attached hydrogen (secondary N) is 1. The number of benzene rings is 2. The Bertz CT molecular complexity index is 731. The van der Waals surface area contributed by atoms with E-state index in [1.54, 1.807) is 4.90 Å². The molecule has 0 saturated heterocycles. The second kappa shape index (κ2) is 8.44. The quantitative estimate of drug-likeness (QED) is 0.875. The molecule has 0 bridgehead atoms. The second-order valence-corrected chi connectivity index (χ2v) is 6.09. The lowest BCUT2D eigenvalue weighted by Gasteiger charge is -2.28. The van der Waals surface area contributed by atoms with Crippen molar-refractivity contribution in [3.05, 3.63) is 71.3 Å². The smallest absolute Gasteiger partial charge is 0.248 e. The lowest BCUT2D eigenvalue weighted by molar-refractivity contribution is -0.139. The van der Waals surface area contributed by atoms with Gasteiger partial charge >= 0.3 is 0 Å². The molecule has 0 aliphatic carbocycles. The van der Waals surface area contributed by atoms with E-state index in [1.807, 2.05) is 48.5 Å². The fourth-order valence-corrected chi connectivity index (χ4v) is 2.88. The van der Waals surface area contributed by atoms with E-state index >= 15 is 0 Å². The van der Waals surface area contributed by atoms with Crippen LogP contribution in [0.5, 0.6) is 0 Å². The van der Waals surface area contributed by atoms with Crippen LogP contribution in [0.3, 0.4) is 0 Å². The van der Waals surface area contributed by atoms with Crippen molar-refractivity contribution in [2.24, 2.45) is 0 Å². The fourth-order valence-electron chi connectivity index (χ4n) is 2.88. The Kier molecular flexibility index (Phi) is 5.80. The highest BCUT2D eigenvalue weighted by Crippen LogP contribution is 2.18. The number of rotatable bonds is 6. The van der Waals surface area contributed by atoms with Crippen LogP contribution in [-0.2, 0) is 33.8 Å². The van der Waals surface area contributed by atoms with Gasteiger partial charge < -0.3 is 15.0 Å². The third kappa shape index (κ3) is 4.90. The molecule has 0 unspecified atom stereocenters. The van der Waals surface area contributed by atoms with Gasteiger partial charge in [0.2, 0.25) is 11.8 Å². The molecule has 1 heterocycles. The van der Waals surface area contributed by atoms with E-state index < -0.39 is 0 Å². The third-order valence-electron chi connectivity index (χ3n) is 4.27. The largest absolute Gasteiger partial charge is 0.362 e. The van der Waals surface area contributed by atoms with Crippen molar-refractivity contribution in [2.45, 2.75) is 19.5 Å². The van der Waals surface area contributed by atoms with E-state index in [0.29, 0.717) is 19.6 Å². The van der Waals surface area contributed by atoms with Crippen molar-refractivity contribution in [1.29, 1.82) is 0 Å². The first kappa shape index (κ1) is 17.2. The summed E-state index contributed by atoms with van der Waals surface area (Å²) in [5, 5.41) is 2.78. The number of hydrogen-bond acceptors (Lipinski definition) is 3. The maximum atomic E-state index is 12.2. The summed E-state index contributed by atoms with van der Waals surface area (Å²) in [6.07, 6.45) is 0.861. The first-order valence-corrected chi connectivity index (χ1v) is 8.45. The number of hydrogen-bond donors (Lipinski definition) is 1. The van der Waals surface area contributed by atoms with Crippen LogP contribution in [0.4, 0.5) is 0 Å². The molecule has 0 fully saturated rings. The lowest BCUT2D eigenvalue weighted by Crippen LogP contribution is -2.39. The number of carbonyl (C=O) groups is 2. The number of ether oxygens (including phenoxy) is 1. The number of amides is 2. The fraction of sp³-hybridized carbons (Fsp3) is 0.300. The molecule has 0 spiro atoms. The molecule has 1 aliphatic heterocycles. The Morgan fingerprint density at radius 3 is 2.48 bits per heavy atom. The van der Waals surface area contributed by atoms with Gasteiger partial charge in [0.05, 0.1) is 0 Å². The number of fused-ring (bicyclic) bond motifs is 1. The van der Waals surface area contributed by atoms with Crippen molar-refractivity contribution in [2.75, 3.05) is 19.8 Å². The van der Waals surface area contributed by atoms with Crippen LogP contribution in [0.25, 0.3) is 0 Å². The Morgan fingerprint density at radius 2 is 1.68 bits per heavy atom. The molecule has 2 aromatic carbocycles. The Labute approximate surface area is 147 Å². The molecule has 2 amide bonds. The summed E-state index contributed by atoms with van der Waals surface area (Å²) in [5.74, 6) is -0.300. The van der Waals surface area contributed by atoms with Gasteiger partial charge in [-0.2, -0.15) is 0 Å². The van der Waals surface area contributed by atoms with Crippen LogP contribution in [0.2, 0.25) is 0 Å². The van der Waals surface area contributed by atoms with E-state index in [1.165, 1.54) is 11.1 Å². The second-order valence-electron chi connectivity index (χ2n) is 6.09. The lowest BCUT2D eigenvalue weighted by atomic mass is 10.00. The highest BCUT2D eigenvalue weighted by atomic mass is 16.5. The van der Waals surface area contributed by atoms with Crippen molar-refractivity contribution in [3.63, 3.8) is 0 Å². The molecular formula is C20H22N2O3. The number of nitrogens with zero attached hydrogens (tertiary/aromatic N) is 1. The van der Waals surface area contributed by atoms with Crippen LogP contribution < -0.4 is 5.32 Å². The van der Waals surface area contributed by atoms with E-state index in [2.05, 4.69) is 11.4 Å². The molecule has 3 rings (SSSR count). The SMILES string of the molecule is O=C(COCC(=O)N1CCc2ccccc2C1)NCc1ccccc1. The van der Waals surface area contributed by atoms with Crippen LogP contribution in [0.1, 0.15) is 16.7 Å². The summed E-state index contributed by atoms with van der Waals surface area (Å²) < 4.78 is 5.28. The maximum absolute atomic E-state index is 12.2. The zero-order chi connectivity index (χ0) is 17.5. The summed E-state index contributed by atoms with van der Waals surface area (Å²) in [4.78, 5) is 25.8. The van der Waals surface area contributed by atoms with E-state index in [-0.39, 0.29) is 25.0 Å². The van der Waals surface area contributed by atoms with Crippen molar-refractivity contribution >= 4 is 11.8 Å². The van der Waals surface area contributed by atoms with Gasteiger partial charge in [-0.05, 0) is 23.1 Å². The van der Waals surface area contributed by atoms with Crippen molar-refractivity contribution in [3.8, 4) is 0 Å². The minimum atomic E-state index is -0.222. The predicted octanol–water partition coefficient (Wildman–Crippen LogP) is 1.90. The summed E-state index contributed by atoms with van der Waals surface area (Å²) in [6.45, 7) is 1.59. The molecule has 0 aromatic heterocycles. The minimum Gasteiger partial charge on any atom is -0.362 e. The molecule has 0 saturated carbocycles. The van der Waals surface area contributed by atoms with Gasteiger partial charge in [0.25, 0.3) is 0 Å². The van der Waals surface area contributed by atoms with E-state index in [4.69, 9.17) is 4.74 Å². The van der Waals surface area contributed by atoms with Crippen molar-refractivity contribution in [1.82, 2.24) is 10.2 Å². The van der Waals surface area contributed by atoms with Crippen LogP contribution in [0, 0.1) is 0 Å². The van der Waals surface area contributed by atoms with Gasteiger partial charge in [0.15, 0.2) is 0 Å². The zero-order valence-electron chi connectivity index (χ0n) is 14.1. The van der Waals surface area contributed by atoms with Gasteiger partial charge in [-0.25, -0.2) is 0 Å².